The summed E-state index contributed by atoms with van der Waals surface area (Å²) < 4.78 is 0. The number of nitrogens with two attached hydrogens (primary N) is 1. The summed E-state index contributed by atoms with van der Waals surface area (Å²) in [5.74, 6) is 1.83. The van der Waals surface area contributed by atoms with Crippen LogP contribution < -0.4 is 10.6 Å². The van der Waals surface area contributed by atoms with E-state index in [0.29, 0.717) is 4.99 Å². The lowest BCUT2D eigenvalue weighted by Crippen LogP contribution is -2.25. The second-order valence-corrected chi connectivity index (χ2v) is 5.24. The summed E-state index contributed by atoms with van der Waals surface area (Å²) in [7, 11) is 2.10. The molecular weight excluding hydrogens is 230 g/mol. The van der Waals surface area contributed by atoms with Crippen molar-refractivity contribution >= 4 is 23.0 Å². The van der Waals surface area contributed by atoms with Crippen molar-refractivity contribution in [2.75, 3.05) is 18.5 Å². The fraction of sp³-hybridized carbons (Fsp3) is 0.538. The van der Waals surface area contributed by atoms with E-state index in [-0.39, 0.29) is 0 Å². The molecule has 3 nitrogen and oxygen atoms in total. The van der Waals surface area contributed by atoms with Gasteiger partial charge >= 0.3 is 0 Å². The lowest BCUT2D eigenvalue weighted by molar-refractivity contribution is 0.545. The molecule has 0 saturated heterocycles. The molecule has 1 aliphatic carbocycles. The van der Waals surface area contributed by atoms with Crippen LogP contribution in [0.4, 0.5) is 5.82 Å². The van der Waals surface area contributed by atoms with Crippen molar-refractivity contribution in [3.05, 3.63) is 23.9 Å². The van der Waals surface area contributed by atoms with Crippen LogP contribution in [0.25, 0.3) is 0 Å². The summed E-state index contributed by atoms with van der Waals surface area (Å²) in [5, 5.41) is 0. The van der Waals surface area contributed by atoms with Gasteiger partial charge in [0.05, 0.1) is 0 Å². The van der Waals surface area contributed by atoms with Crippen molar-refractivity contribution in [1.82, 2.24) is 4.98 Å². The van der Waals surface area contributed by atoms with Gasteiger partial charge < -0.3 is 10.6 Å². The number of nitrogens with zero attached hydrogens (tertiary/aromatic N) is 2. The first-order valence-corrected chi connectivity index (χ1v) is 6.54. The maximum Gasteiger partial charge on any atom is 0.128 e. The molecule has 2 N–H and O–H groups in total. The van der Waals surface area contributed by atoms with E-state index in [9.17, 15) is 0 Å². The van der Waals surface area contributed by atoms with Crippen molar-refractivity contribution in [1.29, 1.82) is 0 Å². The lowest BCUT2D eigenvalue weighted by atomic mass is 10.1. The normalized spacial score (nSPS) is 16.1. The molecule has 1 aromatic heterocycles. The largest absolute Gasteiger partial charge is 0.389 e. The van der Waals surface area contributed by atoms with Gasteiger partial charge in [0.25, 0.3) is 0 Å². The van der Waals surface area contributed by atoms with Crippen molar-refractivity contribution in [3.63, 3.8) is 0 Å². The van der Waals surface area contributed by atoms with Crippen molar-refractivity contribution in [2.24, 2.45) is 11.7 Å². The van der Waals surface area contributed by atoms with Gasteiger partial charge in [-0.05, 0) is 30.9 Å². The summed E-state index contributed by atoms with van der Waals surface area (Å²) in [6.45, 7) is 1.10. The summed E-state index contributed by atoms with van der Waals surface area (Å²) in [6, 6.07) is 3.93. The van der Waals surface area contributed by atoms with Crippen LogP contribution in [0.15, 0.2) is 18.3 Å². The fourth-order valence-electron chi connectivity index (χ4n) is 2.43. The van der Waals surface area contributed by atoms with Gasteiger partial charge in [0.1, 0.15) is 10.8 Å². The Kier molecular flexibility index (Phi) is 3.94. The van der Waals surface area contributed by atoms with Crippen molar-refractivity contribution in [3.8, 4) is 0 Å². The Labute approximate surface area is 108 Å². The third kappa shape index (κ3) is 3.16. The van der Waals surface area contributed by atoms with Crippen molar-refractivity contribution < 1.29 is 0 Å². The Bertz CT molecular complexity index is 382. The first-order valence-electron chi connectivity index (χ1n) is 6.14. The first kappa shape index (κ1) is 12.3. The number of anilines is 1. The van der Waals surface area contributed by atoms with E-state index in [1.54, 1.807) is 6.20 Å². The molecule has 17 heavy (non-hydrogen) atoms. The van der Waals surface area contributed by atoms with Crippen LogP contribution in [0, 0.1) is 5.92 Å². The first-order chi connectivity index (χ1) is 8.16. The minimum Gasteiger partial charge on any atom is -0.389 e. The lowest BCUT2D eigenvalue weighted by Gasteiger charge is -2.22. The number of hydrogen-bond acceptors (Lipinski definition) is 3. The molecule has 4 heteroatoms. The van der Waals surface area contributed by atoms with Gasteiger partial charge in [0.2, 0.25) is 0 Å². The number of pyridine rings is 1. The zero-order chi connectivity index (χ0) is 12.3. The summed E-state index contributed by atoms with van der Waals surface area (Å²) in [4.78, 5) is 7.03. The summed E-state index contributed by atoms with van der Waals surface area (Å²) >= 11 is 4.91. The Morgan fingerprint density at radius 2 is 2.18 bits per heavy atom. The molecule has 0 spiro atoms. The molecule has 1 aromatic rings. The van der Waals surface area contributed by atoms with Gasteiger partial charge in [-0.1, -0.05) is 25.1 Å². The fourth-order valence-corrected chi connectivity index (χ4v) is 2.55. The maximum absolute atomic E-state index is 5.55. The number of rotatable bonds is 4. The van der Waals surface area contributed by atoms with E-state index < -0.39 is 0 Å². The second-order valence-electron chi connectivity index (χ2n) is 4.80. The molecule has 1 heterocycles. The van der Waals surface area contributed by atoms with E-state index in [4.69, 9.17) is 18.0 Å². The van der Waals surface area contributed by atoms with Gasteiger partial charge in [-0.15, -0.1) is 0 Å². The molecule has 1 fully saturated rings. The van der Waals surface area contributed by atoms with Crippen LogP contribution in [-0.2, 0) is 0 Å². The van der Waals surface area contributed by atoms with Crippen LogP contribution in [-0.4, -0.2) is 23.6 Å². The van der Waals surface area contributed by atoms with E-state index in [1.165, 1.54) is 25.7 Å². The average molecular weight is 249 g/mol. The van der Waals surface area contributed by atoms with Crippen LogP contribution >= 0.6 is 12.2 Å². The Morgan fingerprint density at radius 1 is 1.47 bits per heavy atom. The molecule has 0 aromatic carbocycles. The highest BCUT2D eigenvalue weighted by Gasteiger charge is 2.17. The number of hydrogen-bond donors (Lipinski definition) is 1. The molecular formula is C13H19N3S. The molecule has 92 valence electrons. The SMILES string of the molecule is CN(CC1CCCC1)c1ccc(C(N)=S)cn1. The summed E-state index contributed by atoms with van der Waals surface area (Å²) in [5.41, 5.74) is 6.38. The van der Waals surface area contributed by atoms with Gasteiger partial charge in [-0.3, -0.25) is 0 Å². The number of thiocarbonyl (C=S) groups is 1. The molecule has 0 aliphatic heterocycles. The summed E-state index contributed by atoms with van der Waals surface area (Å²) in [6.07, 6.45) is 7.23. The van der Waals surface area contributed by atoms with E-state index in [0.717, 1.165) is 23.8 Å². The monoisotopic (exact) mass is 249 g/mol. The van der Waals surface area contributed by atoms with Crippen LogP contribution in [0.2, 0.25) is 0 Å². The molecule has 1 aliphatic rings. The molecule has 1 saturated carbocycles. The highest BCUT2D eigenvalue weighted by molar-refractivity contribution is 7.80. The molecule has 2 rings (SSSR count). The van der Waals surface area contributed by atoms with Gasteiger partial charge in [0.15, 0.2) is 0 Å². The maximum atomic E-state index is 5.55. The van der Waals surface area contributed by atoms with Crippen molar-refractivity contribution in [2.45, 2.75) is 25.7 Å². The molecule has 0 atom stereocenters. The van der Waals surface area contributed by atoms with E-state index >= 15 is 0 Å². The second kappa shape index (κ2) is 5.45. The zero-order valence-corrected chi connectivity index (χ0v) is 11.0. The highest BCUT2D eigenvalue weighted by atomic mass is 32.1. The molecule has 0 bridgehead atoms. The van der Waals surface area contributed by atoms with Gasteiger partial charge in [-0.2, -0.15) is 0 Å². The standard InChI is InChI=1S/C13H19N3S/c1-16(9-10-4-2-3-5-10)12-7-6-11(8-15-12)13(14)17/h6-8,10H,2-5,9H2,1H3,(H2,14,17). The average Bonchev–Trinajstić information content (AvgIpc) is 2.82. The minimum absolute atomic E-state index is 0.405. The Balaban J connectivity index is 1.98. The van der Waals surface area contributed by atoms with Gasteiger partial charge in [0, 0.05) is 25.4 Å². The zero-order valence-electron chi connectivity index (χ0n) is 10.2. The van der Waals surface area contributed by atoms with Crippen LogP contribution in [0.5, 0.6) is 0 Å². The quantitative estimate of drug-likeness (QED) is 0.832. The molecule has 0 amide bonds. The van der Waals surface area contributed by atoms with Crippen LogP contribution in [0.3, 0.4) is 0 Å². The Morgan fingerprint density at radius 3 is 2.71 bits per heavy atom. The highest BCUT2D eigenvalue weighted by Crippen LogP contribution is 2.26. The predicted molar refractivity (Wildman–Crippen MR) is 75.4 cm³/mol. The van der Waals surface area contributed by atoms with Crippen LogP contribution in [0.1, 0.15) is 31.2 Å². The molecule has 0 unspecified atom stereocenters. The van der Waals surface area contributed by atoms with Gasteiger partial charge in [-0.25, -0.2) is 4.98 Å². The van der Waals surface area contributed by atoms with E-state index in [2.05, 4.69) is 16.9 Å². The topological polar surface area (TPSA) is 42.1 Å². The third-order valence-corrected chi connectivity index (χ3v) is 3.67. The molecule has 0 radical (unpaired) electrons. The third-order valence-electron chi connectivity index (χ3n) is 3.43. The Hall–Kier alpha value is -1.16. The predicted octanol–water partition coefficient (Wildman–Crippen LogP) is 2.34. The smallest absolute Gasteiger partial charge is 0.128 e. The van der Waals surface area contributed by atoms with E-state index in [1.807, 2.05) is 12.1 Å². The number of aromatic nitrogens is 1. The minimum atomic E-state index is 0.405.